The molecule has 1 amide bonds. The van der Waals surface area contributed by atoms with Crippen molar-refractivity contribution >= 4 is 52.1 Å². The smallest absolute Gasteiger partial charge is 0.374 e. The van der Waals surface area contributed by atoms with Crippen molar-refractivity contribution in [3.05, 3.63) is 62.6 Å². The summed E-state index contributed by atoms with van der Waals surface area (Å²) in [5.74, 6) is -0.297. The van der Waals surface area contributed by atoms with Gasteiger partial charge in [0.05, 0.1) is 16.4 Å². The molecule has 0 bridgehead atoms. The van der Waals surface area contributed by atoms with Crippen molar-refractivity contribution in [2.75, 3.05) is 5.43 Å². The SMILES string of the molecule is CC(C)(C)C(=O)NNc1cc(C2=NOC(c3cc(Cl)cc(Cl)c3)(C(F)(F)F)C2)ccc1Cl. The Morgan fingerprint density at radius 3 is 2.25 bits per heavy atom. The van der Waals surface area contributed by atoms with Crippen LogP contribution in [-0.4, -0.2) is 17.8 Å². The molecule has 1 unspecified atom stereocenters. The zero-order valence-corrected chi connectivity index (χ0v) is 19.5. The molecule has 1 heterocycles. The Labute approximate surface area is 197 Å². The number of alkyl halides is 3. The first kappa shape index (κ1) is 24.5. The molecule has 1 atom stereocenters. The number of hydrogen-bond acceptors (Lipinski definition) is 4. The number of rotatable bonds is 4. The summed E-state index contributed by atoms with van der Waals surface area (Å²) in [6.07, 6.45) is -5.41. The van der Waals surface area contributed by atoms with E-state index >= 15 is 0 Å². The maximum atomic E-state index is 14.2. The van der Waals surface area contributed by atoms with Crippen LogP contribution >= 0.6 is 34.8 Å². The Bertz CT molecular complexity index is 1060. The molecule has 0 aromatic heterocycles. The number of nitrogens with zero attached hydrogens (tertiary/aromatic N) is 1. The van der Waals surface area contributed by atoms with Gasteiger partial charge in [-0.1, -0.05) is 66.8 Å². The molecule has 11 heteroatoms. The number of carbonyl (C=O) groups excluding carboxylic acids is 1. The van der Waals surface area contributed by atoms with Crippen LogP contribution in [-0.2, 0) is 15.2 Å². The van der Waals surface area contributed by atoms with E-state index in [1.165, 1.54) is 24.3 Å². The standard InChI is InChI=1S/C21H19Cl3F3N3O2/c1-19(2,3)18(31)29-28-16-6-11(4-5-15(16)24)17-10-20(32-30-17,21(25,26)27)12-7-13(22)9-14(23)8-12/h4-9,28H,10H2,1-3H3,(H,29,31). The Hall–Kier alpha value is -2.16. The van der Waals surface area contributed by atoms with Crippen molar-refractivity contribution in [3.63, 3.8) is 0 Å². The lowest BCUT2D eigenvalue weighted by Crippen LogP contribution is -2.42. The van der Waals surface area contributed by atoms with Gasteiger partial charge in [0.25, 0.3) is 5.60 Å². The highest BCUT2D eigenvalue weighted by atomic mass is 35.5. The van der Waals surface area contributed by atoms with Gasteiger partial charge < -0.3 is 4.84 Å². The molecule has 2 N–H and O–H groups in total. The van der Waals surface area contributed by atoms with Crippen LogP contribution in [0, 0.1) is 5.41 Å². The van der Waals surface area contributed by atoms with Gasteiger partial charge >= 0.3 is 6.18 Å². The summed E-state index contributed by atoms with van der Waals surface area (Å²) in [7, 11) is 0. The summed E-state index contributed by atoms with van der Waals surface area (Å²) in [5.41, 5.74) is 2.22. The quantitative estimate of drug-likeness (QED) is 0.451. The highest BCUT2D eigenvalue weighted by Crippen LogP contribution is 2.49. The van der Waals surface area contributed by atoms with Gasteiger partial charge in [-0.05, 0) is 30.3 Å². The molecule has 2 aromatic rings. The van der Waals surface area contributed by atoms with Crippen LogP contribution in [0.25, 0.3) is 0 Å². The fraction of sp³-hybridized carbons (Fsp3) is 0.333. The summed E-state index contributed by atoms with van der Waals surface area (Å²) >= 11 is 18.0. The fourth-order valence-electron chi connectivity index (χ4n) is 2.96. The number of benzene rings is 2. The number of hydrazine groups is 1. The molecule has 1 aliphatic rings. The van der Waals surface area contributed by atoms with Gasteiger partial charge in [0.2, 0.25) is 5.91 Å². The van der Waals surface area contributed by atoms with Gasteiger partial charge in [-0.15, -0.1) is 0 Å². The molecule has 172 valence electrons. The Morgan fingerprint density at radius 1 is 1.06 bits per heavy atom. The van der Waals surface area contributed by atoms with Gasteiger partial charge in [-0.2, -0.15) is 13.2 Å². The zero-order valence-electron chi connectivity index (χ0n) is 17.2. The molecule has 1 aliphatic heterocycles. The van der Waals surface area contributed by atoms with Crippen molar-refractivity contribution in [3.8, 4) is 0 Å². The summed E-state index contributed by atoms with van der Waals surface area (Å²) in [6, 6.07) is 8.10. The average molecular weight is 509 g/mol. The number of hydrogen-bond donors (Lipinski definition) is 2. The largest absolute Gasteiger partial charge is 0.435 e. The lowest BCUT2D eigenvalue weighted by atomic mass is 9.86. The molecule has 0 aliphatic carbocycles. The van der Waals surface area contributed by atoms with Crippen molar-refractivity contribution in [1.29, 1.82) is 0 Å². The van der Waals surface area contributed by atoms with Gasteiger partial charge in [0.1, 0.15) is 0 Å². The number of halogens is 6. The van der Waals surface area contributed by atoms with Crippen molar-refractivity contribution in [1.82, 2.24) is 5.43 Å². The van der Waals surface area contributed by atoms with Gasteiger partial charge in [-0.25, -0.2) is 0 Å². The Balaban J connectivity index is 1.91. The second-order valence-electron chi connectivity index (χ2n) is 8.31. The van der Waals surface area contributed by atoms with Crippen LogP contribution in [0.15, 0.2) is 41.6 Å². The van der Waals surface area contributed by atoms with Crippen LogP contribution in [0.2, 0.25) is 15.1 Å². The van der Waals surface area contributed by atoms with E-state index < -0.39 is 23.6 Å². The summed E-state index contributed by atoms with van der Waals surface area (Å²) in [4.78, 5) is 17.1. The minimum atomic E-state index is -4.81. The van der Waals surface area contributed by atoms with Crippen LogP contribution in [0.1, 0.15) is 38.3 Å². The monoisotopic (exact) mass is 507 g/mol. The lowest BCUT2D eigenvalue weighted by molar-refractivity contribution is -0.275. The third kappa shape index (κ3) is 4.92. The van der Waals surface area contributed by atoms with E-state index in [4.69, 9.17) is 39.6 Å². The van der Waals surface area contributed by atoms with Crippen LogP contribution in [0.5, 0.6) is 0 Å². The fourth-order valence-corrected chi connectivity index (χ4v) is 3.65. The van der Waals surface area contributed by atoms with Gasteiger partial charge in [-0.3, -0.25) is 15.6 Å². The molecule has 0 spiro atoms. The molecule has 5 nitrogen and oxygen atoms in total. The second-order valence-corrected chi connectivity index (χ2v) is 9.59. The maximum Gasteiger partial charge on any atom is 0.435 e. The van der Waals surface area contributed by atoms with E-state index in [1.807, 2.05) is 0 Å². The molecule has 0 saturated carbocycles. The predicted octanol–water partition coefficient (Wildman–Crippen LogP) is 6.72. The first-order valence-electron chi connectivity index (χ1n) is 9.38. The number of anilines is 1. The topological polar surface area (TPSA) is 62.7 Å². The number of amides is 1. The predicted molar refractivity (Wildman–Crippen MR) is 119 cm³/mol. The summed E-state index contributed by atoms with van der Waals surface area (Å²) in [5, 5.41) is 4.06. The first-order chi connectivity index (χ1) is 14.7. The third-order valence-electron chi connectivity index (χ3n) is 4.81. The van der Waals surface area contributed by atoms with Crippen molar-refractivity contribution in [2.24, 2.45) is 10.6 Å². The van der Waals surface area contributed by atoms with E-state index in [1.54, 1.807) is 20.8 Å². The number of carbonyl (C=O) groups is 1. The van der Waals surface area contributed by atoms with Crippen LogP contribution < -0.4 is 10.9 Å². The Morgan fingerprint density at radius 2 is 1.69 bits per heavy atom. The lowest BCUT2D eigenvalue weighted by Gasteiger charge is -2.29. The van der Waals surface area contributed by atoms with Crippen LogP contribution in [0.4, 0.5) is 18.9 Å². The first-order valence-corrected chi connectivity index (χ1v) is 10.5. The molecule has 0 radical (unpaired) electrons. The van der Waals surface area contributed by atoms with Crippen molar-refractivity contribution < 1.29 is 22.8 Å². The van der Waals surface area contributed by atoms with E-state index in [9.17, 15) is 18.0 Å². The minimum Gasteiger partial charge on any atom is -0.374 e. The van der Waals surface area contributed by atoms with Gasteiger partial charge in [0.15, 0.2) is 0 Å². The summed E-state index contributed by atoms with van der Waals surface area (Å²) < 4.78 is 42.5. The molecular weight excluding hydrogens is 490 g/mol. The number of nitrogens with one attached hydrogen (secondary N) is 2. The molecular formula is C21H19Cl3F3N3O2. The van der Waals surface area contributed by atoms with E-state index in [0.29, 0.717) is 11.3 Å². The minimum absolute atomic E-state index is 0.0419. The molecule has 0 saturated heterocycles. The van der Waals surface area contributed by atoms with Crippen LogP contribution in [0.3, 0.4) is 0 Å². The molecule has 3 rings (SSSR count). The molecule has 0 fully saturated rings. The maximum absolute atomic E-state index is 14.2. The third-order valence-corrected chi connectivity index (χ3v) is 5.57. The molecule has 2 aromatic carbocycles. The molecule has 32 heavy (non-hydrogen) atoms. The summed E-state index contributed by atoms with van der Waals surface area (Å²) in [6.45, 7) is 5.18. The van der Waals surface area contributed by atoms with E-state index in [0.717, 1.165) is 12.1 Å². The van der Waals surface area contributed by atoms with Gasteiger partial charge in [0, 0.05) is 33.0 Å². The highest BCUT2D eigenvalue weighted by molar-refractivity contribution is 6.34. The Kier molecular flexibility index (Phi) is 6.62. The van der Waals surface area contributed by atoms with Crippen molar-refractivity contribution in [2.45, 2.75) is 39.0 Å². The van der Waals surface area contributed by atoms with E-state index in [2.05, 4.69) is 16.0 Å². The second kappa shape index (κ2) is 8.65. The van der Waals surface area contributed by atoms with E-state index in [-0.39, 0.29) is 32.3 Å². The highest BCUT2D eigenvalue weighted by Gasteiger charge is 2.62. The average Bonchev–Trinajstić information content (AvgIpc) is 3.12. The normalized spacial score (nSPS) is 18.7. The number of oxime groups is 1. The zero-order chi connectivity index (χ0) is 23.9.